The molecule has 0 radical (unpaired) electrons. The molecule has 1 amide bonds. The molecule has 1 fully saturated rings. The Morgan fingerprint density at radius 3 is 2.25 bits per heavy atom. The number of benzene rings is 2. The monoisotopic (exact) mass is 477 g/mol. The zero-order valence-electron chi connectivity index (χ0n) is 18.6. The molecule has 0 aliphatic heterocycles. The van der Waals surface area contributed by atoms with Gasteiger partial charge in [-0.05, 0) is 73.9 Å². The highest BCUT2D eigenvalue weighted by atomic mass is 35.5. The molecular formula is C24H32ClN3O3S. The highest BCUT2D eigenvalue weighted by molar-refractivity contribution is 7.89. The molecule has 8 heteroatoms. The summed E-state index contributed by atoms with van der Waals surface area (Å²) in [5.74, 6) is 0.132. The van der Waals surface area contributed by atoms with E-state index in [4.69, 9.17) is 17.3 Å². The first-order valence-corrected chi connectivity index (χ1v) is 12.9. The van der Waals surface area contributed by atoms with Crippen LogP contribution < -0.4 is 11.1 Å². The van der Waals surface area contributed by atoms with Gasteiger partial charge in [-0.1, -0.05) is 35.9 Å². The van der Waals surface area contributed by atoms with Gasteiger partial charge in [-0.15, -0.1) is 0 Å². The number of nitrogens with two attached hydrogens (primary N) is 1. The molecule has 3 rings (SSSR count). The van der Waals surface area contributed by atoms with Crippen molar-refractivity contribution in [3.63, 3.8) is 0 Å². The molecule has 0 saturated heterocycles. The molecule has 0 aromatic heterocycles. The summed E-state index contributed by atoms with van der Waals surface area (Å²) in [6.45, 7) is 2.63. The Balaban J connectivity index is 1.56. The van der Waals surface area contributed by atoms with Crippen molar-refractivity contribution in [2.75, 3.05) is 13.6 Å². The molecule has 0 spiro atoms. The van der Waals surface area contributed by atoms with Crippen LogP contribution in [-0.2, 0) is 14.8 Å². The number of amides is 1. The van der Waals surface area contributed by atoms with E-state index in [0.29, 0.717) is 23.9 Å². The SMILES string of the molecule is CC(NCCC(N)=O)c1ccc(C2CCC(N(C)S(=O)(=O)c3ccc(Cl)cc3)CC2)cc1. The summed E-state index contributed by atoms with van der Waals surface area (Å²) >= 11 is 5.90. The summed E-state index contributed by atoms with van der Waals surface area (Å²) in [5, 5.41) is 3.83. The quantitative estimate of drug-likeness (QED) is 0.565. The number of sulfonamides is 1. The lowest BCUT2D eigenvalue weighted by atomic mass is 9.81. The summed E-state index contributed by atoms with van der Waals surface area (Å²) in [6, 6.07) is 15.1. The third kappa shape index (κ3) is 6.10. The fourth-order valence-corrected chi connectivity index (χ4v) is 5.87. The Morgan fingerprint density at radius 2 is 1.69 bits per heavy atom. The number of nitrogens with zero attached hydrogens (tertiary/aromatic N) is 1. The van der Waals surface area contributed by atoms with Gasteiger partial charge < -0.3 is 11.1 Å². The molecule has 2 aromatic rings. The van der Waals surface area contributed by atoms with Gasteiger partial charge in [0.05, 0.1) is 4.90 Å². The first kappa shape index (κ1) is 24.7. The minimum absolute atomic E-state index is 0.000629. The second-order valence-corrected chi connectivity index (χ2v) is 11.0. The van der Waals surface area contributed by atoms with Gasteiger partial charge in [-0.25, -0.2) is 8.42 Å². The van der Waals surface area contributed by atoms with Crippen molar-refractivity contribution in [3.05, 3.63) is 64.7 Å². The van der Waals surface area contributed by atoms with E-state index in [-0.39, 0.29) is 22.9 Å². The van der Waals surface area contributed by atoms with Crippen molar-refractivity contribution in [1.29, 1.82) is 0 Å². The molecule has 2 aromatic carbocycles. The van der Waals surface area contributed by atoms with E-state index in [9.17, 15) is 13.2 Å². The molecule has 1 aliphatic rings. The molecule has 1 atom stereocenters. The van der Waals surface area contributed by atoms with E-state index in [1.165, 1.54) is 15.4 Å². The first-order chi connectivity index (χ1) is 15.2. The van der Waals surface area contributed by atoms with Crippen LogP contribution in [0.3, 0.4) is 0 Å². The first-order valence-electron chi connectivity index (χ1n) is 11.0. The molecule has 174 valence electrons. The Kier molecular flexibility index (Phi) is 8.33. The standard InChI is InChI=1S/C24H32ClN3O3S/c1-17(27-16-15-24(26)29)18-3-5-19(6-4-18)20-7-11-22(12-8-20)28(2)32(30,31)23-13-9-21(25)10-14-23/h3-6,9-10,13-14,17,20,22,27H,7-8,11-12,15-16H2,1-2H3,(H2,26,29). The molecule has 3 N–H and O–H groups in total. The number of carbonyl (C=O) groups excluding carboxylic acids is 1. The van der Waals surface area contributed by atoms with Crippen LogP contribution in [0.15, 0.2) is 53.4 Å². The van der Waals surface area contributed by atoms with Gasteiger partial charge in [-0.3, -0.25) is 4.79 Å². The minimum atomic E-state index is -3.53. The van der Waals surface area contributed by atoms with Crippen molar-refractivity contribution in [2.45, 2.75) is 61.9 Å². The van der Waals surface area contributed by atoms with Gasteiger partial charge in [0.1, 0.15) is 0 Å². The van der Waals surface area contributed by atoms with Gasteiger partial charge in [0.15, 0.2) is 0 Å². The summed E-state index contributed by atoms with van der Waals surface area (Å²) in [4.78, 5) is 11.2. The van der Waals surface area contributed by atoms with Crippen LogP contribution in [0, 0.1) is 0 Å². The second kappa shape index (κ2) is 10.8. The summed E-state index contributed by atoms with van der Waals surface area (Å²) in [7, 11) is -1.85. The molecule has 0 heterocycles. The van der Waals surface area contributed by atoms with Crippen molar-refractivity contribution >= 4 is 27.5 Å². The number of carbonyl (C=O) groups is 1. The van der Waals surface area contributed by atoms with Crippen LogP contribution in [0.25, 0.3) is 0 Å². The van der Waals surface area contributed by atoms with Crippen LogP contribution in [0.5, 0.6) is 0 Å². The highest BCUT2D eigenvalue weighted by Crippen LogP contribution is 2.36. The molecule has 1 unspecified atom stereocenters. The Hall–Kier alpha value is -1.93. The minimum Gasteiger partial charge on any atom is -0.370 e. The van der Waals surface area contributed by atoms with E-state index in [1.54, 1.807) is 31.3 Å². The van der Waals surface area contributed by atoms with Gasteiger partial charge in [0.25, 0.3) is 0 Å². The van der Waals surface area contributed by atoms with Crippen LogP contribution in [0.2, 0.25) is 5.02 Å². The van der Waals surface area contributed by atoms with E-state index < -0.39 is 10.0 Å². The number of rotatable bonds is 9. The smallest absolute Gasteiger partial charge is 0.243 e. The van der Waals surface area contributed by atoms with Crippen LogP contribution in [-0.4, -0.2) is 38.3 Å². The molecule has 1 saturated carbocycles. The maximum Gasteiger partial charge on any atom is 0.243 e. The maximum absolute atomic E-state index is 13.0. The van der Waals surface area contributed by atoms with E-state index in [2.05, 4.69) is 36.5 Å². The third-order valence-electron chi connectivity index (χ3n) is 6.43. The number of primary amides is 1. The number of halogens is 1. The summed E-state index contributed by atoms with van der Waals surface area (Å²) < 4.78 is 27.4. The number of nitrogens with one attached hydrogen (secondary N) is 1. The van der Waals surface area contributed by atoms with Crippen molar-refractivity contribution in [3.8, 4) is 0 Å². The molecule has 32 heavy (non-hydrogen) atoms. The van der Waals surface area contributed by atoms with Crippen molar-refractivity contribution < 1.29 is 13.2 Å². The average Bonchev–Trinajstić information content (AvgIpc) is 2.79. The zero-order chi connectivity index (χ0) is 23.3. The average molecular weight is 478 g/mol. The van der Waals surface area contributed by atoms with Gasteiger partial charge in [0, 0.05) is 37.1 Å². The molecule has 0 bridgehead atoms. The Morgan fingerprint density at radius 1 is 1.09 bits per heavy atom. The predicted octanol–water partition coefficient (Wildman–Crippen LogP) is 4.21. The Bertz CT molecular complexity index is 1000. The van der Waals surface area contributed by atoms with Crippen molar-refractivity contribution in [2.24, 2.45) is 5.73 Å². The number of hydrogen-bond donors (Lipinski definition) is 2. The number of hydrogen-bond acceptors (Lipinski definition) is 4. The van der Waals surface area contributed by atoms with Gasteiger partial charge in [0.2, 0.25) is 15.9 Å². The molecule has 1 aliphatic carbocycles. The maximum atomic E-state index is 13.0. The Labute approximate surface area is 196 Å². The van der Waals surface area contributed by atoms with Crippen LogP contribution in [0.1, 0.15) is 62.1 Å². The lowest BCUT2D eigenvalue weighted by molar-refractivity contribution is -0.117. The predicted molar refractivity (Wildman–Crippen MR) is 128 cm³/mol. The topological polar surface area (TPSA) is 92.5 Å². The molecule has 6 nitrogen and oxygen atoms in total. The normalized spacial score (nSPS) is 20.2. The lowest BCUT2D eigenvalue weighted by Gasteiger charge is -2.34. The lowest BCUT2D eigenvalue weighted by Crippen LogP contribution is -2.39. The summed E-state index contributed by atoms with van der Waals surface area (Å²) in [5.41, 5.74) is 7.65. The summed E-state index contributed by atoms with van der Waals surface area (Å²) in [6.07, 6.45) is 3.91. The van der Waals surface area contributed by atoms with Gasteiger partial charge in [-0.2, -0.15) is 4.31 Å². The van der Waals surface area contributed by atoms with Crippen molar-refractivity contribution in [1.82, 2.24) is 9.62 Å². The van der Waals surface area contributed by atoms with E-state index in [0.717, 1.165) is 25.7 Å². The van der Waals surface area contributed by atoms with Crippen LogP contribution >= 0.6 is 11.6 Å². The fraction of sp³-hybridized carbons (Fsp3) is 0.458. The third-order valence-corrected chi connectivity index (χ3v) is 8.61. The fourth-order valence-electron chi connectivity index (χ4n) is 4.33. The van der Waals surface area contributed by atoms with E-state index in [1.807, 2.05) is 0 Å². The van der Waals surface area contributed by atoms with E-state index >= 15 is 0 Å². The molecular weight excluding hydrogens is 446 g/mol. The second-order valence-electron chi connectivity index (χ2n) is 8.54. The highest BCUT2D eigenvalue weighted by Gasteiger charge is 2.31. The largest absolute Gasteiger partial charge is 0.370 e. The zero-order valence-corrected chi connectivity index (χ0v) is 20.2. The van der Waals surface area contributed by atoms with Crippen LogP contribution in [0.4, 0.5) is 0 Å². The van der Waals surface area contributed by atoms with Gasteiger partial charge >= 0.3 is 0 Å².